The van der Waals surface area contributed by atoms with Gasteiger partial charge in [0.15, 0.2) is 0 Å². The van der Waals surface area contributed by atoms with Gasteiger partial charge in [0.2, 0.25) is 11.8 Å². The number of hydrogen-bond acceptors (Lipinski definition) is 7. The summed E-state index contributed by atoms with van der Waals surface area (Å²) in [6, 6.07) is 15.7. The van der Waals surface area contributed by atoms with E-state index >= 15 is 0 Å². The number of benzene rings is 2. The predicted octanol–water partition coefficient (Wildman–Crippen LogP) is 3.28. The van der Waals surface area contributed by atoms with Gasteiger partial charge in [-0.1, -0.05) is 12.1 Å². The molecule has 2 saturated heterocycles. The lowest BCUT2D eigenvalue weighted by molar-refractivity contribution is -0.136. The summed E-state index contributed by atoms with van der Waals surface area (Å²) in [4.78, 5) is 45.7. The number of amides is 3. The molecule has 2 aromatic carbocycles. The zero-order valence-electron chi connectivity index (χ0n) is 22.9. The SMILES string of the molecule is O=C1CCC(N2Cc3cc(O[C@H]4CCN(Cc5ccc6nc([C@H]7CC[C@@H](O)C7)ccc6c5)C4)ccc3C2=O)C(=O)N1. The highest BCUT2D eigenvalue weighted by Gasteiger charge is 2.39. The fourth-order valence-corrected chi connectivity index (χ4v) is 6.85. The van der Waals surface area contributed by atoms with E-state index in [9.17, 15) is 19.5 Å². The van der Waals surface area contributed by atoms with E-state index in [0.717, 1.165) is 73.2 Å². The van der Waals surface area contributed by atoms with Crippen molar-refractivity contribution in [1.82, 2.24) is 20.1 Å². The summed E-state index contributed by atoms with van der Waals surface area (Å²) >= 11 is 0. The molecule has 3 aromatic rings. The summed E-state index contributed by atoms with van der Waals surface area (Å²) in [7, 11) is 0. The third-order valence-corrected chi connectivity index (χ3v) is 9.03. The number of piperidine rings is 1. The van der Waals surface area contributed by atoms with E-state index in [1.807, 2.05) is 12.1 Å². The summed E-state index contributed by atoms with van der Waals surface area (Å²) in [5, 5.41) is 13.4. The van der Waals surface area contributed by atoms with Crippen molar-refractivity contribution in [2.24, 2.45) is 0 Å². The second-order valence-corrected chi connectivity index (χ2v) is 11.9. The quantitative estimate of drug-likeness (QED) is 0.450. The molecule has 4 heterocycles. The minimum atomic E-state index is -0.616. The Morgan fingerprint density at radius 1 is 1.00 bits per heavy atom. The van der Waals surface area contributed by atoms with Crippen molar-refractivity contribution >= 4 is 28.6 Å². The Labute approximate surface area is 238 Å². The third kappa shape index (κ3) is 5.20. The van der Waals surface area contributed by atoms with E-state index in [1.54, 1.807) is 11.0 Å². The van der Waals surface area contributed by atoms with E-state index < -0.39 is 11.9 Å². The van der Waals surface area contributed by atoms with Crippen LogP contribution in [0.3, 0.4) is 0 Å². The average molecular weight is 555 g/mol. The van der Waals surface area contributed by atoms with Gasteiger partial charge in [-0.05, 0) is 79.6 Å². The molecule has 3 aliphatic heterocycles. The monoisotopic (exact) mass is 554 g/mol. The maximum absolute atomic E-state index is 13.0. The molecule has 0 radical (unpaired) electrons. The lowest BCUT2D eigenvalue weighted by Crippen LogP contribution is -2.52. The van der Waals surface area contributed by atoms with Crippen LogP contribution >= 0.6 is 0 Å². The first-order chi connectivity index (χ1) is 19.9. The molecule has 1 saturated carbocycles. The number of carbonyl (C=O) groups excluding carboxylic acids is 3. The molecule has 0 spiro atoms. The van der Waals surface area contributed by atoms with Crippen LogP contribution in [0, 0.1) is 0 Å². The second-order valence-electron chi connectivity index (χ2n) is 11.9. The summed E-state index contributed by atoms with van der Waals surface area (Å²) < 4.78 is 6.34. The van der Waals surface area contributed by atoms with Crippen LogP contribution in [0.4, 0.5) is 0 Å². The second kappa shape index (κ2) is 10.5. The van der Waals surface area contributed by atoms with Gasteiger partial charge in [-0.2, -0.15) is 0 Å². The van der Waals surface area contributed by atoms with Crippen molar-refractivity contribution in [3.05, 3.63) is 70.9 Å². The standard InChI is InChI=1S/C32H34N4O5/c37-23-4-2-21(14-23)28-8-3-20-13-19(1-7-27(20)33-28)16-35-12-11-25(18-35)41-24-5-6-26-22(15-24)17-36(32(26)40)29-9-10-30(38)34-31(29)39/h1,3,5-8,13,15,21,23,25,29,37H,2,4,9-12,14,16-18H2,(H,34,38,39)/t21-,23+,25-,29?/m0/s1. The van der Waals surface area contributed by atoms with Gasteiger partial charge in [-0.15, -0.1) is 0 Å². The molecule has 3 fully saturated rings. The zero-order chi connectivity index (χ0) is 28.1. The molecule has 3 amide bonds. The van der Waals surface area contributed by atoms with Crippen LogP contribution in [0.5, 0.6) is 5.75 Å². The molecular weight excluding hydrogens is 520 g/mol. The lowest BCUT2D eigenvalue weighted by atomic mass is 10.0. The smallest absolute Gasteiger partial charge is 0.255 e. The minimum absolute atomic E-state index is 0.0582. The van der Waals surface area contributed by atoms with E-state index in [-0.39, 0.29) is 30.4 Å². The molecule has 1 aromatic heterocycles. The maximum atomic E-state index is 13.0. The highest BCUT2D eigenvalue weighted by molar-refractivity contribution is 6.05. The minimum Gasteiger partial charge on any atom is -0.489 e. The Hall–Kier alpha value is -3.82. The molecule has 2 N–H and O–H groups in total. The molecule has 4 atom stereocenters. The molecule has 1 unspecified atom stereocenters. The van der Waals surface area contributed by atoms with E-state index in [4.69, 9.17) is 9.72 Å². The fourth-order valence-electron chi connectivity index (χ4n) is 6.85. The summed E-state index contributed by atoms with van der Waals surface area (Å²) in [6.45, 7) is 2.94. The van der Waals surface area contributed by atoms with Crippen LogP contribution in [-0.2, 0) is 22.7 Å². The Bertz CT molecular complexity index is 1540. The number of aliphatic hydroxyl groups is 1. The fraction of sp³-hybridized carbons (Fsp3) is 0.438. The predicted molar refractivity (Wildman–Crippen MR) is 151 cm³/mol. The van der Waals surface area contributed by atoms with E-state index in [1.165, 1.54) is 5.56 Å². The molecule has 41 heavy (non-hydrogen) atoms. The number of pyridine rings is 1. The first-order valence-electron chi connectivity index (χ1n) is 14.6. The van der Waals surface area contributed by atoms with Crippen LogP contribution < -0.4 is 10.1 Å². The van der Waals surface area contributed by atoms with Crippen LogP contribution in [0.1, 0.15) is 71.6 Å². The van der Waals surface area contributed by atoms with Crippen molar-refractivity contribution in [2.45, 2.75) is 75.8 Å². The number of likely N-dealkylation sites (tertiary alicyclic amines) is 1. The topological polar surface area (TPSA) is 112 Å². The number of aromatic nitrogens is 1. The highest BCUT2D eigenvalue weighted by Crippen LogP contribution is 2.34. The van der Waals surface area contributed by atoms with Gasteiger partial charge in [-0.25, -0.2) is 0 Å². The molecule has 212 valence electrons. The largest absolute Gasteiger partial charge is 0.489 e. The van der Waals surface area contributed by atoms with E-state index in [0.29, 0.717) is 24.4 Å². The Morgan fingerprint density at radius 3 is 2.73 bits per heavy atom. The number of rotatable bonds is 6. The van der Waals surface area contributed by atoms with Gasteiger partial charge in [0.25, 0.3) is 5.91 Å². The molecule has 4 aliphatic rings. The van der Waals surface area contributed by atoms with Gasteiger partial charge >= 0.3 is 0 Å². The van der Waals surface area contributed by atoms with Crippen LogP contribution in [0.15, 0.2) is 48.5 Å². The molecule has 9 heteroatoms. The van der Waals surface area contributed by atoms with Gasteiger partial charge in [0.1, 0.15) is 17.9 Å². The normalized spacial score (nSPS) is 26.6. The van der Waals surface area contributed by atoms with Crippen molar-refractivity contribution < 1.29 is 24.2 Å². The summed E-state index contributed by atoms with van der Waals surface area (Å²) in [6.07, 6.45) is 4.04. The molecular formula is C32H34N4O5. The summed E-state index contributed by atoms with van der Waals surface area (Å²) in [5.74, 6) is 0.223. The third-order valence-electron chi connectivity index (χ3n) is 9.03. The van der Waals surface area contributed by atoms with Crippen molar-refractivity contribution in [1.29, 1.82) is 0 Å². The molecule has 9 nitrogen and oxygen atoms in total. The van der Waals surface area contributed by atoms with Crippen LogP contribution in [0.2, 0.25) is 0 Å². The number of carbonyl (C=O) groups is 3. The van der Waals surface area contributed by atoms with Crippen LogP contribution in [0.25, 0.3) is 10.9 Å². The average Bonchev–Trinajstić information content (AvgIpc) is 3.67. The number of imide groups is 1. The molecule has 0 bridgehead atoms. The summed E-state index contributed by atoms with van der Waals surface area (Å²) in [5.41, 5.74) is 4.77. The lowest BCUT2D eigenvalue weighted by Gasteiger charge is -2.29. The first-order valence-corrected chi connectivity index (χ1v) is 14.6. The number of nitrogens with one attached hydrogen (secondary N) is 1. The first kappa shape index (κ1) is 26.1. The Morgan fingerprint density at radius 2 is 1.90 bits per heavy atom. The van der Waals surface area contributed by atoms with Crippen molar-refractivity contribution in [2.75, 3.05) is 13.1 Å². The molecule has 7 rings (SSSR count). The van der Waals surface area contributed by atoms with Crippen LogP contribution in [-0.4, -0.2) is 69.0 Å². The number of nitrogens with zero attached hydrogens (tertiary/aromatic N) is 3. The number of ether oxygens (including phenoxy) is 1. The highest BCUT2D eigenvalue weighted by atomic mass is 16.5. The number of hydrogen-bond donors (Lipinski definition) is 2. The van der Waals surface area contributed by atoms with E-state index in [2.05, 4.69) is 40.5 Å². The van der Waals surface area contributed by atoms with Crippen molar-refractivity contribution in [3.8, 4) is 5.75 Å². The van der Waals surface area contributed by atoms with Gasteiger partial charge in [-0.3, -0.25) is 29.6 Å². The van der Waals surface area contributed by atoms with Gasteiger partial charge in [0.05, 0.1) is 11.6 Å². The Balaban J connectivity index is 0.960. The van der Waals surface area contributed by atoms with Gasteiger partial charge in [0, 0.05) is 55.2 Å². The van der Waals surface area contributed by atoms with Gasteiger partial charge < -0.3 is 14.7 Å². The number of aliphatic hydroxyl groups excluding tert-OH is 1. The maximum Gasteiger partial charge on any atom is 0.255 e. The molecule has 1 aliphatic carbocycles. The zero-order valence-corrected chi connectivity index (χ0v) is 22.9. The number of fused-ring (bicyclic) bond motifs is 2. The Kier molecular flexibility index (Phi) is 6.71. The van der Waals surface area contributed by atoms with Crippen molar-refractivity contribution in [3.63, 3.8) is 0 Å².